The number of benzene rings is 2. The molecular weight excluding hydrogens is 476 g/mol. The molecule has 2 aromatic carbocycles. The predicted octanol–water partition coefficient (Wildman–Crippen LogP) is 4.62. The Morgan fingerprint density at radius 3 is 2.40 bits per heavy atom. The first-order chi connectivity index (χ1) is 17.1. The summed E-state index contributed by atoms with van der Waals surface area (Å²) in [4.78, 5) is 37.1. The van der Waals surface area contributed by atoms with Crippen LogP contribution in [-0.2, 0) is 0 Å². The van der Waals surface area contributed by atoms with Crippen molar-refractivity contribution in [3.8, 4) is 11.1 Å². The molecule has 2 aliphatic heterocycles. The Morgan fingerprint density at radius 1 is 0.914 bits per heavy atom. The number of thiazole rings is 1. The largest absolute Gasteiger partial charge is 0.335 e. The fourth-order valence-electron chi connectivity index (χ4n) is 4.99. The van der Waals surface area contributed by atoms with E-state index in [9.17, 15) is 9.59 Å². The molecule has 0 spiro atoms. The van der Waals surface area contributed by atoms with Crippen LogP contribution in [0.5, 0.6) is 0 Å². The number of amides is 2. The van der Waals surface area contributed by atoms with Gasteiger partial charge in [-0.2, -0.15) is 0 Å². The maximum Gasteiger partial charge on any atom is 0.282 e. The maximum atomic E-state index is 13.3. The monoisotopic (exact) mass is 502 g/mol. The summed E-state index contributed by atoms with van der Waals surface area (Å²) in [5, 5.41) is 3.57. The van der Waals surface area contributed by atoms with E-state index in [-0.39, 0.29) is 11.8 Å². The zero-order valence-corrected chi connectivity index (χ0v) is 21.1. The van der Waals surface area contributed by atoms with Crippen molar-refractivity contribution in [2.24, 2.45) is 0 Å². The second-order valence-electron chi connectivity index (χ2n) is 9.16. The van der Waals surface area contributed by atoms with Crippen LogP contribution in [0.2, 0.25) is 0 Å². The fourth-order valence-corrected chi connectivity index (χ4v) is 6.74. The van der Waals surface area contributed by atoms with Crippen LogP contribution >= 0.6 is 22.7 Å². The first-order valence-electron chi connectivity index (χ1n) is 11.9. The Hall–Kier alpha value is -3.07. The zero-order valence-electron chi connectivity index (χ0n) is 19.5. The summed E-state index contributed by atoms with van der Waals surface area (Å²) in [6.07, 6.45) is 1.68. The van der Waals surface area contributed by atoms with Gasteiger partial charge in [0, 0.05) is 61.6 Å². The van der Waals surface area contributed by atoms with E-state index in [4.69, 9.17) is 0 Å². The Kier molecular flexibility index (Phi) is 5.88. The summed E-state index contributed by atoms with van der Waals surface area (Å²) in [7, 11) is 0. The minimum absolute atomic E-state index is 0.0284. The number of aromatic nitrogens is 1. The van der Waals surface area contributed by atoms with Crippen molar-refractivity contribution in [1.82, 2.24) is 19.7 Å². The lowest BCUT2D eigenvalue weighted by atomic mass is 10.0. The highest BCUT2D eigenvalue weighted by molar-refractivity contribution is 7.21. The number of likely N-dealkylation sites (tertiary alicyclic amines) is 1. The molecule has 0 unspecified atom stereocenters. The Morgan fingerprint density at radius 2 is 1.69 bits per heavy atom. The van der Waals surface area contributed by atoms with Crippen LogP contribution in [0.3, 0.4) is 0 Å². The number of rotatable bonds is 4. The lowest BCUT2D eigenvalue weighted by Crippen LogP contribution is -2.64. The number of hydrogen-bond acceptors (Lipinski definition) is 6. The van der Waals surface area contributed by atoms with E-state index >= 15 is 0 Å². The van der Waals surface area contributed by atoms with E-state index in [2.05, 4.69) is 47.1 Å². The summed E-state index contributed by atoms with van der Waals surface area (Å²) >= 11 is 2.99. The van der Waals surface area contributed by atoms with Crippen LogP contribution in [0.4, 0.5) is 0 Å². The van der Waals surface area contributed by atoms with Gasteiger partial charge in [-0.15, -0.1) is 22.7 Å². The smallest absolute Gasteiger partial charge is 0.282 e. The number of fused-ring (bicyclic) bond motifs is 1. The molecule has 6 nitrogen and oxygen atoms in total. The molecule has 2 aromatic heterocycles. The molecule has 0 N–H and O–H groups in total. The highest BCUT2D eigenvalue weighted by atomic mass is 32.1. The van der Waals surface area contributed by atoms with E-state index < -0.39 is 0 Å². The molecule has 2 saturated heterocycles. The standard InChI is InChI=1S/C27H26N4O2S2/c1-18-22-15-20(19-5-3-2-4-6-19)7-8-23(22)35-24(18)26(32)31-16-21(17-31)29-10-12-30(13-11-29)27(33)25-28-9-14-34-25/h2-9,14-15,21H,10-13,16-17H2,1H3. The molecule has 2 fully saturated rings. The van der Waals surface area contributed by atoms with E-state index in [1.165, 1.54) is 22.5 Å². The van der Waals surface area contributed by atoms with Crippen molar-refractivity contribution in [3.05, 3.63) is 75.6 Å². The van der Waals surface area contributed by atoms with Gasteiger partial charge in [-0.25, -0.2) is 4.98 Å². The van der Waals surface area contributed by atoms with E-state index in [1.54, 1.807) is 17.5 Å². The number of thiophene rings is 1. The molecule has 0 atom stereocenters. The Labute approximate surface area is 212 Å². The summed E-state index contributed by atoms with van der Waals surface area (Å²) in [5.74, 6) is 0.166. The molecule has 4 aromatic rings. The van der Waals surface area contributed by atoms with Crippen LogP contribution in [0.1, 0.15) is 25.0 Å². The first-order valence-corrected chi connectivity index (χ1v) is 13.6. The van der Waals surface area contributed by atoms with Gasteiger partial charge in [0.25, 0.3) is 11.8 Å². The lowest BCUT2D eigenvalue weighted by Gasteiger charge is -2.48. The van der Waals surface area contributed by atoms with E-state index in [0.29, 0.717) is 24.1 Å². The van der Waals surface area contributed by atoms with Crippen molar-refractivity contribution in [2.45, 2.75) is 13.0 Å². The van der Waals surface area contributed by atoms with Gasteiger partial charge < -0.3 is 9.80 Å². The van der Waals surface area contributed by atoms with Crippen LogP contribution < -0.4 is 0 Å². The van der Waals surface area contributed by atoms with Gasteiger partial charge in [0.2, 0.25) is 0 Å². The summed E-state index contributed by atoms with van der Waals surface area (Å²) in [5.41, 5.74) is 3.44. The minimum atomic E-state index is 0.0284. The van der Waals surface area contributed by atoms with Gasteiger partial charge in [0.15, 0.2) is 5.01 Å². The van der Waals surface area contributed by atoms with Crippen molar-refractivity contribution in [2.75, 3.05) is 39.3 Å². The summed E-state index contributed by atoms with van der Waals surface area (Å²) < 4.78 is 1.16. The van der Waals surface area contributed by atoms with Gasteiger partial charge in [0.05, 0.1) is 4.88 Å². The molecule has 35 heavy (non-hydrogen) atoms. The lowest BCUT2D eigenvalue weighted by molar-refractivity contribution is 0.00876. The predicted molar refractivity (Wildman–Crippen MR) is 141 cm³/mol. The molecule has 6 rings (SSSR count). The molecule has 2 aliphatic rings. The molecule has 178 valence electrons. The van der Waals surface area contributed by atoms with Gasteiger partial charge >= 0.3 is 0 Å². The normalized spacial score (nSPS) is 17.1. The topological polar surface area (TPSA) is 56.8 Å². The van der Waals surface area contributed by atoms with Crippen molar-refractivity contribution >= 4 is 44.6 Å². The van der Waals surface area contributed by atoms with E-state index in [0.717, 1.165) is 46.7 Å². The molecule has 0 saturated carbocycles. The van der Waals surface area contributed by atoms with Gasteiger partial charge in [-0.1, -0.05) is 36.4 Å². The van der Waals surface area contributed by atoms with Gasteiger partial charge in [-0.3, -0.25) is 14.5 Å². The number of nitrogens with zero attached hydrogens (tertiary/aromatic N) is 4. The number of aryl methyl sites for hydroxylation is 1. The second kappa shape index (κ2) is 9.18. The Bertz CT molecular complexity index is 1370. The van der Waals surface area contributed by atoms with Crippen LogP contribution in [0, 0.1) is 6.92 Å². The number of carbonyl (C=O) groups is 2. The molecule has 8 heteroatoms. The van der Waals surface area contributed by atoms with Crippen LogP contribution in [0.25, 0.3) is 21.2 Å². The molecule has 0 bridgehead atoms. The number of carbonyl (C=O) groups excluding carboxylic acids is 2. The van der Waals surface area contributed by atoms with E-state index in [1.807, 2.05) is 33.4 Å². The molecule has 2 amide bonds. The molecule has 4 heterocycles. The summed E-state index contributed by atoms with van der Waals surface area (Å²) in [6.45, 7) is 6.67. The number of hydrogen-bond donors (Lipinski definition) is 0. The van der Waals surface area contributed by atoms with Crippen molar-refractivity contribution in [1.29, 1.82) is 0 Å². The number of piperazine rings is 1. The van der Waals surface area contributed by atoms with Crippen LogP contribution in [-0.4, -0.2) is 76.8 Å². The highest BCUT2D eigenvalue weighted by Crippen LogP contribution is 2.35. The third kappa shape index (κ3) is 4.16. The molecule has 0 aliphatic carbocycles. The fraction of sp³-hybridized carbons (Fsp3) is 0.296. The van der Waals surface area contributed by atoms with Gasteiger partial charge in [-0.05, 0) is 41.1 Å². The molecular formula is C27H26N4O2S2. The molecule has 0 radical (unpaired) electrons. The SMILES string of the molecule is Cc1c(C(=O)N2CC(N3CCN(C(=O)c4nccs4)CC3)C2)sc2ccc(-c3ccccc3)cc12. The average molecular weight is 503 g/mol. The average Bonchev–Trinajstić information content (AvgIpc) is 3.52. The van der Waals surface area contributed by atoms with Crippen molar-refractivity contribution in [3.63, 3.8) is 0 Å². The van der Waals surface area contributed by atoms with Gasteiger partial charge in [0.1, 0.15) is 0 Å². The quantitative estimate of drug-likeness (QED) is 0.409. The van der Waals surface area contributed by atoms with Crippen LogP contribution in [0.15, 0.2) is 60.1 Å². The Balaban J connectivity index is 1.09. The first kappa shape index (κ1) is 22.4. The second-order valence-corrected chi connectivity index (χ2v) is 11.1. The zero-order chi connectivity index (χ0) is 23.9. The maximum absolute atomic E-state index is 13.3. The highest BCUT2D eigenvalue weighted by Gasteiger charge is 2.38. The third-order valence-corrected chi connectivity index (χ3v) is 9.14. The van der Waals surface area contributed by atoms with Crippen molar-refractivity contribution < 1.29 is 9.59 Å². The minimum Gasteiger partial charge on any atom is -0.335 e. The summed E-state index contributed by atoms with van der Waals surface area (Å²) in [6, 6.07) is 17.2. The third-order valence-electron chi connectivity index (χ3n) is 7.12.